The third-order valence-corrected chi connectivity index (χ3v) is 2.94. The molecule has 0 radical (unpaired) electrons. The van der Waals surface area contributed by atoms with E-state index < -0.39 is 5.54 Å². The zero-order chi connectivity index (χ0) is 11.7. The Morgan fingerprint density at radius 3 is 2.60 bits per heavy atom. The zero-order valence-electron chi connectivity index (χ0n) is 10.1. The van der Waals surface area contributed by atoms with Crippen LogP contribution in [0.3, 0.4) is 0 Å². The van der Waals surface area contributed by atoms with Crippen molar-refractivity contribution in [1.82, 2.24) is 5.32 Å². The van der Waals surface area contributed by atoms with Gasteiger partial charge in [0.05, 0.1) is 17.2 Å². The van der Waals surface area contributed by atoms with Gasteiger partial charge in [-0.1, -0.05) is 0 Å². The lowest BCUT2D eigenvalue weighted by molar-refractivity contribution is -0.123. The third kappa shape index (κ3) is 3.47. The van der Waals surface area contributed by atoms with E-state index in [0.29, 0.717) is 6.54 Å². The molecule has 1 aliphatic rings. The van der Waals surface area contributed by atoms with Crippen LogP contribution in [0.5, 0.6) is 0 Å². The zero-order valence-corrected chi connectivity index (χ0v) is 10.1. The number of primary amides is 1. The number of hydrogen-bond acceptors (Lipinski definition) is 3. The molecule has 88 valence electrons. The van der Waals surface area contributed by atoms with E-state index in [1.807, 2.05) is 0 Å². The second kappa shape index (κ2) is 4.10. The lowest BCUT2D eigenvalue weighted by Crippen LogP contribution is -2.52. The van der Waals surface area contributed by atoms with Gasteiger partial charge >= 0.3 is 0 Å². The highest BCUT2D eigenvalue weighted by Crippen LogP contribution is 2.29. The first-order chi connectivity index (χ1) is 6.73. The van der Waals surface area contributed by atoms with Crippen LogP contribution in [0.1, 0.15) is 40.5 Å². The molecule has 0 aromatic heterocycles. The first-order valence-electron chi connectivity index (χ1n) is 5.46. The van der Waals surface area contributed by atoms with Crippen LogP contribution in [-0.2, 0) is 9.53 Å². The van der Waals surface area contributed by atoms with E-state index in [0.717, 1.165) is 12.8 Å². The second-order valence-corrected chi connectivity index (χ2v) is 5.41. The monoisotopic (exact) mass is 214 g/mol. The summed E-state index contributed by atoms with van der Waals surface area (Å²) >= 11 is 0. The van der Waals surface area contributed by atoms with Gasteiger partial charge in [-0.05, 0) is 40.5 Å². The number of rotatable bonds is 4. The molecule has 0 spiro atoms. The summed E-state index contributed by atoms with van der Waals surface area (Å²) in [7, 11) is 0. The number of ether oxygens (including phenoxy) is 1. The maximum absolute atomic E-state index is 11.1. The molecule has 0 saturated carbocycles. The summed E-state index contributed by atoms with van der Waals surface area (Å²) < 4.78 is 5.81. The van der Waals surface area contributed by atoms with E-state index in [1.165, 1.54) is 0 Å². The number of amides is 1. The Kier molecular flexibility index (Phi) is 3.41. The molecule has 1 aliphatic heterocycles. The Labute approximate surface area is 91.5 Å². The van der Waals surface area contributed by atoms with Crippen LogP contribution in [-0.4, -0.2) is 29.7 Å². The van der Waals surface area contributed by atoms with Crippen molar-refractivity contribution in [3.05, 3.63) is 0 Å². The third-order valence-electron chi connectivity index (χ3n) is 2.94. The highest BCUT2D eigenvalue weighted by atomic mass is 16.5. The Morgan fingerprint density at radius 1 is 1.60 bits per heavy atom. The highest BCUT2D eigenvalue weighted by Gasteiger charge is 2.33. The fourth-order valence-electron chi connectivity index (χ4n) is 1.68. The van der Waals surface area contributed by atoms with Crippen LogP contribution in [0.4, 0.5) is 0 Å². The SMILES string of the molecule is CC1(C)CCC(CNC(C)(C)C(N)=O)O1. The second-order valence-electron chi connectivity index (χ2n) is 5.41. The van der Waals surface area contributed by atoms with Crippen LogP contribution in [0.15, 0.2) is 0 Å². The molecule has 1 atom stereocenters. The van der Waals surface area contributed by atoms with E-state index >= 15 is 0 Å². The van der Waals surface area contributed by atoms with Gasteiger partial charge in [-0.15, -0.1) is 0 Å². The summed E-state index contributed by atoms with van der Waals surface area (Å²) in [6, 6.07) is 0. The van der Waals surface area contributed by atoms with Gasteiger partial charge in [-0.2, -0.15) is 0 Å². The Hall–Kier alpha value is -0.610. The van der Waals surface area contributed by atoms with Crippen LogP contribution in [0.2, 0.25) is 0 Å². The molecular formula is C11H22N2O2. The van der Waals surface area contributed by atoms with Crippen molar-refractivity contribution >= 4 is 5.91 Å². The predicted molar refractivity (Wildman–Crippen MR) is 59.5 cm³/mol. The van der Waals surface area contributed by atoms with Gasteiger partial charge in [-0.25, -0.2) is 0 Å². The number of carbonyl (C=O) groups is 1. The van der Waals surface area contributed by atoms with Crippen LogP contribution >= 0.6 is 0 Å². The van der Waals surface area contributed by atoms with Gasteiger partial charge in [0.2, 0.25) is 5.91 Å². The minimum atomic E-state index is -0.657. The molecule has 1 rings (SSSR count). The minimum Gasteiger partial charge on any atom is -0.371 e. The van der Waals surface area contributed by atoms with Gasteiger partial charge in [0, 0.05) is 6.54 Å². The van der Waals surface area contributed by atoms with E-state index in [1.54, 1.807) is 13.8 Å². The Bertz CT molecular complexity index is 249. The van der Waals surface area contributed by atoms with Crippen molar-refractivity contribution in [2.75, 3.05) is 6.54 Å². The summed E-state index contributed by atoms with van der Waals surface area (Å²) in [5.74, 6) is -0.334. The maximum Gasteiger partial charge on any atom is 0.237 e. The van der Waals surface area contributed by atoms with Crippen molar-refractivity contribution in [3.63, 3.8) is 0 Å². The van der Waals surface area contributed by atoms with Gasteiger partial charge in [0.15, 0.2) is 0 Å². The molecule has 0 aromatic carbocycles. The molecule has 0 bridgehead atoms. The lowest BCUT2D eigenvalue weighted by Gasteiger charge is -2.25. The fraction of sp³-hybridized carbons (Fsp3) is 0.909. The van der Waals surface area contributed by atoms with Crippen LogP contribution in [0, 0.1) is 0 Å². The molecule has 1 heterocycles. The van der Waals surface area contributed by atoms with E-state index in [2.05, 4.69) is 19.2 Å². The maximum atomic E-state index is 11.1. The summed E-state index contributed by atoms with van der Waals surface area (Å²) in [5.41, 5.74) is 4.58. The van der Waals surface area contributed by atoms with Crippen molar-refractivity contribution < 1.29 is 9.53 Å². The van der Waals surface area contributed by atoms with E-state index in [9.17, 15) is 4.79 Å². The average Bonchev–Trinajstić information content (AvgIpc) is 2.42. The normalized spacial score (nSPS) is 25.5. The van der Waals surface area contributed by atoms with E-state index in [-0.39, 0.29) is 17.6 Å². The topological polar surface area (TPSA) is 64.3 Å². The molecule has 3 N–H and O–H groups in total. The molecule has 1 fully saturated rings. The van der Waals surface area contributed by atoms with Crippen molar-refractivity contribution in [2.24, 2.45) is 5.73 Å². The van der Waals surface area contributed by atoms with Crippen molar-refractivity contribution in [3.8, 4) is 0 Å². The molecule has 15 heavy (non-hydrogen) atoms. The van der Waals surface area contributed by atoms with Crippen LogP contribution < -0.4 is 11.1 Å². The standard InChI is InChI=1S/C11H22N2O2/c1-10(2)6-5-8(15-10)7-13-11(3,4)9(12)14/h8,13H,5-7H2,1-4H3,(H2,12,14). The molecule has 0 aromatic rings. The summed E-state index contributed by atoms with van der Waals surface area (Å²) in [6.45, 7) is 8.43. The van der Waals surface area contributed by atoms with Gasteiger partial charge < -0.3 is 15.8 Å². The van der Waals surface area contributed by atoms with Crippen molar-refractivity contribution in [1.29, 1.82) is 0 Å². The van der Waals surface area contributed by atoms with Crippen molar-refractivity contribution in [2.45, 2.75) is 57.8 Å². The fourth-order valence-corrected chi connectivity index (χ4v) is 1.68. The Balaban J connectivity index is 2.36. The quantitative estimate of drug-likeness (QED) is 0.727. The highest BCUT2D eigenvalue weighted by molar-refractivity contribution is 5.83. The summed E-state index contributed by atoms with van der Waals surface area (Å²) in [5, 5.41) is 3.14. The molecule has 1 unspecified atom stereocenters. The first-order valence-corrected chi connectivity index (χ1v) is 5.46. The molecular weight excluding hydrogens is 192 g/mol. The smallest absolute Gasteiger partial charge is 0.237 e. The summed E-state index contributed by atoms with van der Waals surface area (Å²) in [6.07, 6.45) is 2.30. The lowest BCUT2D eigenvalue weighted by atomic mass is 10.0. The summed E-state index contributed by atoms with van der Waals surface area (Å²) in [4.78, 5) is 11.1. The molecule has 0 aliphatic carbocycles. The molecule has 1 saturated heterocycles. The predicted octanol–water partition coefficient (Wildman–Crippen LogP) is 0.798. The van der Waals surface area contributed by atoms with Crippen LogP contribution in [0.25, 0.3) is 0 Å². The number of nitrogens with one attached hydrogen (secondary N) is 1. The number of nitrogens with two attached hydrogens (primary N) is 1. The number of hydrogen-bond donors (Lipinski definition) is 2. The van der Waals surface area contributed by atoms with Gasteiger partial charge in [-0.3, -0.25) is 4.79 Å². The Morgan fingerprint density at radius 2 is 2.20 bits per heavy atom. The van der Waals surface area contributed by atoms with E-state index in [4.69, 9.17) is 10.5 Å². The first kappa shape index (κ1) is 12.5. The number of carbonyl (C=O) groups excluding carboxylic acids is 1. The van der Waals surface area contributed by atoms with Gasteiger partial charge in [0.1, 0.15) is 0 Å². The molecule has 4 heteroatoms. The largest absolute Gasteiger partial charge is 0.371 e. The molecule has 4 nitrogen and oxygen atoms in total. The minimum absolute atomic E-state index is 0.0246. The molecule has 1 amide bonds. The average molecular weight is 214 g/mol. The van der Waals surface area contributed by atoms with Gasteiger partial charge in [0.25, 0.3) is 0 Å².